The van der Waals surface area contributed by atoms with Crippen molar-refractivity contribution in [3.63, 3.8) is 0 Å². The van der Waals surface area contributed by atoms with E-state index in [1.807, 2.05) is 0 Å². The summed E-state index contributed by atoms with van der Waals surface area (Å²) in [6, 6.07) is 6.18. The number of halogens is 1. The number of nitriles is 1. The highest BCUT2D eigenvalue weighted by molar-refractivity contribution is 5.41. The fourth-order valence-electron chi connectivity index (χ4n) is 2.11. The average Bonchev–Trinajstić information content (AvgIpc) is 2.81. The molecule has 0 radical (unpaired) electrons. The van der Waals surface area contributed by atoms with E-state index in [9.17, 15) is 14.0 Å². The van der Waals surface area contributed by atoms with E-state index in [1.165, 1.54) is 23.0 Å². The third-order valence-electron chi connectivity index (χ3n) is 3.30. The first-order valence-corrected chi connectivity index (χ1v) is 6.37. The van der Waals surface area contributed by atoms with E-state index in [0.29, 0.717) is 11.3 Å². The minimum atomic E-state index is -0.573. The zero-order chi connectivity index (χ0) is 15.9. The topological polar surface area (TPSA) is 85.1 Å². The summed E-state index contributed by atoms with van der Waals surface area (Å²) in [5, 5.41) is 12.5. The van der Waals surface area contributed by atoms with E-state index in [1.54, 1.807) is 25.1 Å². The van der Waals surface area contributed by atoms with Gasteiger partial charge in [-0.3, -0.25) is 9.36 Å². The first kappa shape index (κ1) is 13.8. The van der Waals surface area contributed by atoms with Crippen molar-refractivity contribution in [3.8, 4) is 11.8 Å². The predicted molar refractivity (Wildman–Crippen MR) is 75.4 cm³/mol. The molecule has 0 N–H and O–H groups in total. The maximum atomic E-state index is 13.7. The lowest BCUT2D eigenvalue weighted by molar-refractivity contribution is 0.617. The summed E-state index contributed by atoms with van der Waals surface area (Å²) in [5.41, 5.74) is -0.468. The standard InChI is InChI=1S/C14H10FN5O2/c1-9-2-3-10(8-11(9)15)18-6-7-19-12(13(18)21)17-20(5-4-16)14(19)22/h2-3,6-8H,5H2,1H3. The number of fused-ring (bicyclic) bond motifs is 1. The first-order valence-electron chi connectivity index (χ1n) is 6.37. The smallest absolute Gasteiger partial charge is 0.279 e. The molecule has 0 amide bonds. The van der Waals surface area contributed by atoms with Crippen LogP contribution in [0.4, 0.5) is 4.39 Å². The predicted octanol–water partition coefficient (Wildman–Crippen LogP) is 0.618. The summed E-state index contributed by atoms with van der Waals surface area (Å²) in [6.45, 7) is 1.37. The maximum absolute atomic E-state index is 13.7. The zero-order valence-corrected chi connectivity index (χ0v) is 11.5. The Hall–Kier alpha value is -3.21. The Labute approximate surface area is 123 Å². The molecule has 0 aliphatic heterocycles. The highest BCUT2D eigenvalue weighted by Gasteiger charge is 2.13. The molecule has 7 nitrogen and oxygen atoms in total. The molecule has 22 heavy (non-hydrogen) atoms. The van der Waals surface area contributed by atoms with Crippen molar-refractivity contribution >= 4 is 5.65 Å². The molecule has 3 rings (SSSR count). The molecule has 0 fully saturated rings. The average molecular weight is 299 g/mol. The number of nitrogens with zero attached hydrogens (tertiary/aromatic N) is 5. The van der Waals surface area contributed by atoms with Crippen LogP contribution in [0.15, 0.2) is 40.2 Å². The van der Waals surface area contributed by atoms with Crippen molar-refractivity contribution in [1.29, 1.82) is 5.26 Å². The van der Waals surface area contributed by atoms with Crippen LogP contribution in [0.25, 0.3) is 11.3 Å². The van der Waals surface area contributed by atoms with Crippen LogP contribution in [0.1, 0.15) is 5.56 Å². The van der Waals surface area contributed by atoms with Gasteiger partial charge >= 0.3 is 11.2 Å². The van der Waals surface area contributed by atoms with Crippen LogP contribution in [-0.4, -0.2) is 18.7 Å². The molecule has 3 aromatic rings. The van der Waals surface area contributed by atoms with Crippen molar-refractivity contribution in [2.24, 2.45) is 0 Å². The summed E-state index contributed by atoms with van der Waals surface area (Å²) < 4.78 is 16.8. The van der Waals surface area contributed by atoms with Gasteiger partial charge < -0.3 is 0 Å². The Morgan fingerprint density at radius 2 is 2.09 bits per heavy atom. The van der Waals surface area contributed by atoms with Gasteiger partial charge in [-0.15, -0.1) is 5.10 Å². The lowest BCUT2D eigenvalue weighted by atomic mass is 10.2. The number of benzene rings is 1. The van der Waals surface area contributed by atoms with Crippen molar-refractivity contribution in [2.45, 2.75) is 13.5 Å². The van der Waals surface area contributed by atoms with E-state index in [0.717, 1.165) is 9.08 Å². The third kappa shape index (κ3) is 2.00. The molecule has 0 atom stereocenters. The van der Waals surface area contributed by atoms with Crippen LogP contribution in [0.2, 0.25) is 0 Å². The minimum absolute atomic E-state index is 0.122. The molecular formula is C14H10FN5O2. The molecule has 0 saturated carbocycles. The van der Waals surface area contributed by atoms with Gasteiger partial charge in [-0.25, -0.2) is 13.6 Å². The monoisotopic (exact) mass is 299 g/mol. The molecule has 0 bridgehead atoms. The lowest BCUT2D eigenvalue weighted by Crippen LogP contribution is -2.24. The first-order chi connectivity index (χ1) is 10.5. The van der Waals surface area contributed by atoms with Crippen LogP contribution in [-0.2, 0) is 6.54 Å². The highest BCUT2D eigenvalue weighted by atomic mass is 19.1. The summed E-state index contributed by atoms with van der Waals surface area (Å²) in [5.74, 6) is -0.434. The Kier molecular flexibility index (Phi) is 3.10. The van der Waals surface area contributed by atoms with Gasteiger partial charge in [-0.1, -0.05) is 6.07 Å². The minimum Gasteiger partial charge on any atom is -0.279 e. The largest absolute Gasteiger partial charge is 0.351 e. The molecule has 8 heteroatoms. The lowest BCUT2D eigenvalue weighted by Gasteiger charge is -2.06. The summed E-state index contributed by atoms with van der Waals surface area (Å²) in [7, 11) is 0. The van der Waals surface area contributed by atoms with E-state index < -0.39 is 17.1 Å². The maximum Gasteiger partial charge on any atom is 0.351 e. The normalized spacial score (nSPS) is 10.8. The summed E-state index contributed by atoms with van der Waals surface area (Å²) in [4.78, 5) is 24.3. The second kappa shape index (κ2) is 4.96. The van der Waals surface area contributed by atoms with Gasteiger partial charge in [-0.05, 0) is 24.6 Å². The number of aryl methyl sites for hydroxylation is 1. The Bertz CT molecular complexity index is 1040. The van der Waals surface area contributed by atoms with E-state index in [4.69, 9.17) is 5.26 Å². The highest BCUT2D eigenvalue weighted by Crippen LogP contribution is 2.11. The van der Waals surface area contributed by atoms with Gasteiger partial charge in [-0.2, -0.15) is 9.94 Å². The van der Waals surface area contributed by atoms with E-state index >= 15 is 0 Å². The van der Waals surface area contributed by atoms with E-state index in [-0.39, 0.29) is 12.2 Å². The molecule has 2 heterocycles. The van der Waals surface area contributed by atoms with Gasteiger partial charge in [0.25, 0.3) is 0 Å². The SMILES string of the molecule is Cc1ccc(-n2ccn3c(=O)n(CC#N)nc3c2=O)cc1F. The van der Waals surface area contributed by atoms with Crippen molar-refractivity contribution in [1.82, 2.24) is 18.7 Å². The molecule has 0 spiro atoms. The van der Waals surface area contributed by atoms with Gasteiger partial charge in [0.1, 0.15) is 12.4 Å². The molecule has 2 aromatic heterocycles. The van der Waals surface area contributed by atoms with Gasteiger partial charge in [0, 0.05) is 12.4 Å². The number of hydrogen-bond acceptors (Lipinski definition) is 4. The number of rotatable bonds is 2. The van der Waals surface area contributed by atoms with E-state index in [2.05, 4.69) is 5.10 Å². The fraction of sp³-hybridized carbons (Fsp3) is 0.143. The summed E-state index contributed by atoms with van der Waals surface area (Å²) >= 11 is 0. The van der Waals surface area contributed by atoms with Gasteiger partial charge in [0.15, 0.2) is 0 Å². The van der Waals surface area contributed by atoms with Gasteiger partial charge in [0.2, 0.25) is 5.65 Å². The third-order valence-corrected chi connectivity index (χ3v) is 3.30. The van der Waals surface area contributed by atoms with Crippen molar-refractivity contribution in [3.05, 3.63) is 62.8 Å². The molecule has 0 aliphatic rings. The molecule has 1 aromatic carbocycles. The fourth-order valence-corrected chi connectivity index (χ4v) is 2.11. The molecule has 0 unspecified atom stereocenters. The molecule has 0 saturated heterocycles. The van der Waals surface area contributed by atoms with Gasteiger partial charge in [0.05, 0.1) is 11.8 Å². The Morgan fingerprint density at radius 3 is 2.77 bits per heavy atom. The number of aromatic nitrogens is 4. The van der Waals surface area contributed by atoms with Crippen molar-refractivity contribution in [2.75, 3.05) is 0 Å². The summed E-state index contributed by atoms with van der Waals surface area (Å²) in [6.07, 6.45) is 2.72. The Balaban J connectivity index is 2.27. The van der Waals surface area contributed by atoms with Crippen molar-refractivity contribution < 1.29 is 4.39 Å². The number of hydrogen-bond donors (Lipinski definition) is 0. The molecular weight excluding hydrogens is 289 g/mol. The molecule has 0 aliphatic carbocycles. The van der Waals surface area contributed by atoms with Crippen LogP contribution in [0.5, 0.6) is 0 Å². The van der Waals surface area contributed by atoms with Crippen LogP contribution < -0.4 is 11.2 Å². The van der Waals surface area contributed by atoms with Crippen LogP contribution >= 0.6 is 0 Å². The molecule has 110 valence electrons. The quantitative estimate of drug-likeness (QED) is 0.694. The Morgan fingerprint density at radius 1 is 1.32 bits per heavy atom. The van der Waals surface area contributed by atoms with Crippen LogP contribution in [0, 0.1) is 24.1 Å². The van der Waals surface area contributed by atoms with Crippen LogP contribution in [0.3, 0.4) is 0 Å². The second-order valence-corrected chi connectivity index (χ2v) is 4.70. The zero-order valence-electron chi connectivity index (χ0n) is 11.5. The second-order valence-electron chi connectivity index (χ2n) is 4.70.